The van der Waals surface area contributed by atoms with Gasteiger partial charge >= 0.3 is 0 Å². The molecule has 2 aliphatic rings. The standard InChI is InChI=1S/C18H25N3O4/c19-6-8-24-10-11-25-9-7-21-18(23)15-3-1-2-14-16(20)5-4-13(12-22)17(14)15/h1,3-5,12,14H,2,6-11,19-20H2,(H,21,23). The van der Waals surface area contributed by atoms with Gasteiger partial charge in [-0.25, -0.2) is 0 Å². The lowest BCUT2D eigenvalue weighted by Crippen LogP contribution is -2.32. The van der Waals surface area contributed by atoms with Gasteiger partial charge in [0.15, 0.2) is 0 Å². The normalized spacial score (nSPS) is 19.2. The molecule has 136 valence electrons. The second-order valence-corrected chi connectivity index (χ2v) is 5.69. The lowest BCUT2D eigenvalue weighted by Gasteiger charge is -2.28. The molecule has 0 aromatic carbocycles. The number of hydrogen-bond donors (Lipinski definition) is 3. The summed E-state index contributed by atoms with van der Waals surface area (Å²) in [7, 11) is 0. The molecule has 0 aromatic heterocycles. The van der Waals surface area contributed by atoms with Gasteiger partial charge < -0.3 is 26.3 Å². The van der Waals surface area contributed by atoms with Crippen molar-refractivity contribution in [2.24, 2.45) is 17.4 Å². The molecule has 0 radical (unpaired) electrons. The van der Waals surface area contributed by atoms with E-state index < -0.39 is 0 Å². The predicted octanol–water partition coefficient (Wildman–Crippen LogP) is -0.0513. The SMILES string of the molecule is NCCOCCOCCNC(=O)C1=C2C(C=O)=CC=C(N)C2CC=C1. The molecule has 1 unspecified atom stereocenters. The monoisotopic (exact) mass is 347 g/mol. The predicted molar refractivity (Wildman–Crippen MR) is 94.4 cm³/mol. The number of fused-ring (bicyclic) bond motifs is 1. The molecular formula is C18H25N3O4. The highest BCUT2D eigenvalue weighted by molar-refractivity contribution is 6.00. The van der Waals surface area contributed by atoms with Gasteiger partial charge in [0.25, 0.3) is 5.91 Å². The molecule has 0 fully saturated rings. The zero-order valence-corrected chi connectivity index (χ0v) is 14.2. The number of allylic oxidation sites excluding steroid dienone is 5. The van der Waals surface area contributed by atoms with E-state index in [1.54, 1.807) is 18.2 Å². The van der Waals surface area contributed by atoms with Gasteiger partial charge in [0.2, 0.25) is 0 Å². The number of nitrogens with two attached hydrogens (primary N) is 2. The molecular weight excluding hydrogens is 322 g/mol. The van der Waals surface area contributed by atoms with Crippen LogP contribution in [-0.4, -0.2) is 51.7 Å². The van der Waals surface area contributed by atoms with Gasteiger partial charge in [0.05, 0.1) is 26.4 Å². The van der Waals surface area contributed by atoms with E-state index in [0.717, 1.165) is 6.29 Å². The van der Waals surface area contributed by atoms with Crippen LogP contribution in [0.1, 0.15) is 6.42 Å². The van der Waals surface area contributed by atoms with Crippen LogP contribution in [0.4, 0.5) is 0 Å². The summed E-state index contributed by atoms with van der Waals surface area (Å²) < 4.78 is 10.6. The summed E-state index contributed by atoms with van der Waals surface area (Å²) in [4.78, 5) is 23.8. The van der Waals surface area contributed by atoms with Crippen molar-refractivity contribution in [3.63, 3.8) is 0 Å². The Hall–Kier alpha value is -2.22. The van der Waals surface area contributed by atoms with Crippen LogP contribution in [0.25, 0.3) is 0 Å². The molecule has 1 amide bonds. The van der Waals surface area contributed by atoms with Crippen molar-refractivity contribution >= 4 is 12.2 Å². The van der Waals surface area contributed by atoms with Gasteiger partial charge in [0, 0.05) is 35.9 Å². The highest BCUT2D eigenvalue weighted by atomic mass is 16.5. The van der Waals surface area contributed by atoms with E-state index >= 15 is 0 Å². The van der Waals surface area contributed by atoms with Crippen LogP contribution in [0.15, 0.2) is 46.7 Å². The Kier molecular flexibility index (Phi) is 7.59. The molecule has 2 aliphatic carbocycles. The zero-order chi connectivity index (χ0) is 18.1. The first kappa shape index (κ1) is 19.1. The Balaban J connectivity index is 1.88. The number of hydrogen-bond acceptors (Lipinski definition) is 6. The zero-order valence-electron chi connectivity index (χ0n) is 14.2. The van der Waals surface area contributed by atoms with Gasteiger partial charge in [0.1, 0.15) is 6.29 Å². The van der Waals surface area contributed by atoms with E-state index in [2.05, 4.69) is 5.32 Å². The summed E-state index contributed by atoms with van der Waals surface area (Å²) in [6.45, 7) is 2.67. The van der Waals surface area contributed by atoms with Crippen molar-refractivity contribution in [2.45, 2.75) is 6.42 Å². The van der Waals surface area contributed by atoms with E-state index in [1.807, 2.05) is 6.08 Å². The van der Waals surface area contributed by atoms with Crippen molar-refractivity contribution in [2.75, 3.05) is 39.5 Å². The topological polar surface area (TPSA) is 117 Å². The van der Waals surface area contributed by atoms with E-state index in [-0.39, 0.29) is 11.8 Å². The third-order valence-corrected chi connectivity index (χ3v) is 4.00. The first-order valence-electron chi connectivity index (χ1n) is 8.36. The summed E-state index contributed by atoms with van der Waals surface area (Å²) in [6.07, 6.45) is 8.49. The van der Waals surface area contributed by atoms with E-state index in [9.17, 15) is 9.59 Å². The van der Waals surface area contributed by atoms with Crippen LogP contribution in [0.2, 0.25) is 0 Å². The largest absolute Gasteiger partial charge is 0.402 e. The molecule has 25 heavy (non-hydrogen) atoms. The number of carbonyl (C=O) groups is 2. The fraction of sp³-hybridized carbons (Fsp3) is 0.444. The minimum atomic E-state index is -0.235. The van der Waals surface area contributed by atoms with E-state index in [4.69, 9.17) is 20.9 Å². The van der Waals surface area contributed by atoms with Crippen LogP contribution in [0.5, 0.6) is 0 Å². The summed E-state index contributed by atoms with van der Waals surface area (Å²) in [6, 6.07) is 0. The molecule has 7 heteroatoms. The van der Waals surface area contributed by atoms with Gasteiger partial charge in [-0.2, -0.15) is 0 Å². The fourth-order valence-corrected chi connectivity index (χ4v) is 2.81. The number of rotatable bonds is 10. The number of amides is 1. The Morgan fingerprint density at radius 3 is 2.72 bits per heavy atom. The quantitative estimate of drug-likeness (QED) is 0.377. The van der Waals surface area contributed by atoms with Crippen molar-refractivity contribution in [1.82, 2.24) is 5.32 Å². The molecule has 0 aromatic rings. The highest BCUT2D eigenvalue weighted by Crippen LogP contribution is 2.36. The first-order valence-corrected chi connectivity index (χ1v) is 8.36. The van der Waals surface area contributed by atoms with E-state index in [1.165, 1.54) is 0 Å². The van der Waals surface area contributed by atoms with Gasteiger partial charge in [-0.15, -0.1) is 0 Å². The lowest BCUT2D eigenvalue weighted by atomic mass is 9.78. The third-order valence-electron chi connectivity index (χ3n) is 4.00. The average Bonchev–Trinajstić information content (AvgIpc) is 2.64. The maximum atomic E-state index is 12.5. The van der Waals surface area contributed by atoms with Crippen molar-refractivity contribution in [3.8, 4) is 0 Å². The summed E-state index contributed by atoms with van der Waals surface area (Å²) in [5, 5.41) is 2.81. The van der Waals surface area contributed by atoms with Crippen LogP contribution in [-0.2, 0) is 19.1 Å². The number of aldehydes is 1. The Morgan fingerprint density at radius 2 is 2.00 bits per heavy atom. The third kappa shape index (κ3) is 5.12. The molecule has 0 aliphatic heterocycles. The first-order chi connectivity index (χ1) is 12.2. The molecule has 0 saturated carbocycles. The summed E-state index contributed by atoms with van der Waals surface area (Å²) >= 11 is 0. The highest BCUT2D eigenvalue weighted by Gasteiger charge is 2.29. The number of nitrogens with one attached hydrogen (secondary N) is 1. The van der Waals surface area contributed by atoms with Crippen molar-refractivity contribution < 1.29 is 19.1 Å². The van der Waals surface area contributed by atoms with Crippen LogP contribution < -0.4 is 16.8 Å². The van der Waals surface area contributed by atoms with Gasteiger partial charge in [-0.1, -0.05) is 12.2 Å². The van der Waals surface area contributed by atoms with Crippen molar-refractivity contribution in [3.05, 3.63) is 46.7 Å². The minimum Gasteiger partial charge on any atom is -0.402 e. The number of carbonyl (C=O) groups excluding carboxylic acids is 2. The number of ether oxygens (including phenoxy) is 2. The second-order valence-electron chi connectivity index (χ2n) is 5.69. The van der Waals surface area contributed by atoms with Crippen LogP contribution in [0, 0.1) is 5.92 Å². The Bertz CT molecular complexity index is 620. The molecule has 0 saturated heterocycles. The molecule has 0 bridgehead atoms. The second kappa shape index (κ2) is 9.93. The van der Waals surface area contributed by atoms with Crippen molar-refractivity contribution in [1.29, 1.82) is 0 Å². The van der Waals surface area contributed by atoms with Gasteiger partial charge in [-0.05, 0) is 24.1 Å². The minimum absolute atomic E-state index is 0.119. The smallest absolute Gasteiger partial charge is 0.251 e. The maximum absolute atomic E-state index is 12.5. The fourth-order valence-electron chi connectivity index (χ4n) is 2.81. The summed E-state index contributed by atoms with van der Waals surface area (Å²) in [5.41, 5.74) is 13.7. The molecule has 0 spiro atoms. The van der Waals surface area contributed by atoms with Crippen LogP contribution >= 0.6 is 0 Å². The van der Waals surface area contributed by atoms with Crippen LogP contribution in [0.3, 0.4) is 0 Å². The average molecular weight is 347 g/mol. The summed E-state index contributed by atoms with van der Waals surface area (Å²) in [5.74, 6) is -0.353. The van der Waals surface area contributed by atoms with E-state index in [0.29, 0.717) is 68.4 Å². The Labute approximate surface area is 147 Å². The lowest BCUT2D eigenvalue weighted by molar-refractivity contribution is -0.117. The van der Waals surface area contributed by atoms with Gasteiger partial charge in [-0.3, -0.25) is 9.59 Å². The molecule has 0 heterocycles. The molecule has 2 rings (SSSR count). The molecule has 7 nitrogen and oxygen atoms in total. The Morgan fingerprint density at radius 1 is 1.24 bits per heavy atom. The maximum Gasteiger partial charge on any atom is 0.251 e. The molecule has 5 N–H and O–H groups in total. The molecule has 1 atom stereocenters.